The number of fused-ring (bicyclic) bond motifs is 3. The Morgan fingerprint density at radius 3 is 1.48 bits per heavy atom. The first-order valence-electron chi connectivity index (χ1n) is 8.38. The summed E-state index contributed by atoms with van der Waals surface area (Å²) in [5.41, 5.74) is 2.05. The zero-order valence-corrected chi connectivity index (χ0v) is 20.2. The molecule has 0 aliphatic heterocycles. The summed E-state index contributed by atoms with van der Waals surface area (Å²) < 4.78 is 3.10. The molecule has 0 radical (unpaired) electrons. The van der Waals surface area contributed by atoms with Crippen molar-refractivity contribution in [2.24, 2.45) is 0 Å². The number of carbonyl (C=O) groups excluding carboxylic acids is 2. The largest absolute Gasteiger partial charge is 0.287 e. The average Bonchev–Trinajstić information content (AvgIpc) is 3.11. The Balaban J connectivity index is 0.000000166. The molecule has 1 aliphatic rings. The predicted molar refractivity (Wildman–Crippen MR) is 121 cm³/mol. The smallest absolute Gasteiger partial charge is 0.213 e. The molecule has 0 atom stereocenters. The number of hydrogen-bond donors (Lipinski definition) is 0. The summed E-state index contributed by atoms with van der Waals surface area (Å²) in [6.45, 7) is 4.45. The summed E-state index contributed by atoms with van der Waals surface area (Å²) in [6.07, 6.45) is 0. The van der Waals surface area contributed by atoms with Crippen molar-refractivity contribution in [1.29, 1.82) is 10.5 Å². The summed E-state index contributed by atoms with van der Waals surface area (Å²) in [6, 6.07) is 16.4. The van der Waals surface area contributed by atoms with Crippen LogP contribution in [0.4, 0.5) is 0 Å². The zero-order chi connectivity index (χ0) is 21.3. The number of nitriles is 2. The first-order chi connectivity index (χ1) is 13.8. The summed E-state index contributed by atoms with van der Waals surface area (Å²) >= 11 is 6.25. The average molecular weight is 575 g/mol. The van der Waals surface area contributed by atoms with E-state index in [1.54, 1.807) is 8.52 Å². The molecule has 0 amide bonds. The van der Waals surface area contributed by atoms with Crippen LogP contribution in [0.15, 0.2) is 56.5 Å². The second-order valence-electron chi connectivity index (χ2n) is 6.27. The third kappa shape index (κ3) is 3.80. The maximum absolute atomic E-state index is 11.4. The summed E-state index contributed by atoms with van der Waals surface area (Å²) in [7, 11) is 0. The topological polar surface area (TPSA) is 81.7 Å². The molecule has 3 aromatic rings. The molecule has 1 heterocycles. The molecule has 0 fully saturated rings. The minimum Gasteiger partial charge on any atom is -0.287 e. The molecule has 0 N–H and O–H groups in total. The van der Waals surface area contributed by atoms with Gasteiger partial charge in [-0.1, -0.05) is 0 Å². The van der Waals surface area contributed by atoms with Gasteiger partial charge in [0.2, 0.25) is 11.6 Å². The van der Waals surface area contributed by atoms with E-state index in [0.717, 1.165) is 0 Å². The molecule has 0 spiro atoms. The quantitative estimate of drug-likeness (QED) is 0.275. The summed E-state index contributed by atoms with van der Waals surface area (Å²) in [4.78, 5) is 22.7. The van der Waals surface area contributed by atoms with Crippen molar-refractivity contribution >= 4 is 77.2 Å². The molecule has 142 valence electrons. The number of carbonyl (C=O) groups is 2. The van der Waals surface area contributed by atoms with Crippen LogP contribution in [0.3, 0.4) is 0 Å². The number of halogens is 2. The van der Waals surface area contributed by atoms with Gasteiger partial charge in [0.25, 0.3) is 0 Å². The molecule has 0 saturated heterocycles. The molecule has 4 nitrogen and oxygen atoms in total. The van der Waals surface area contributed by atoms with Gasteiger partial charge < -0.3 is 0 Å². The van der Waals surface area contributed by atoms with Crippen LogP contribution >= 0.6 is 31.9 Å². The second kappa shape index (κ2) is 8.61. The van der Waals surface area contributed by atoms with Crippen molar-refractivity contribution in [2.45, 2.75) is 13.8 Å². The monoisotopic (exact) mass is 574 g/mol. The van der Waals surface area contributed by atoms with Gasteiger partial charge in [-0.3, -0.25) is 9.59 Å². The summed E-state index contributed by atoms with van der Waals surface area (Å²) in [5, 5.41) is 20.1. The Morgan fingerprint density at radius 1 is 0.759 bits per heavy atom. The number of rotatable bonds is 0. The van der Waals surface area contributed by atoms with E-state index in [-0.39, 0.29) is 8.96 Å². The molecule has 1 aromatic heterocycles. The number of Topliss-reactive ketones (excluding diaryl/α,β-unsaturated/α-hetero) is 2. The third-order valence-corrected chi connectivity index (χ3v) is 9.61. The number of benzene rings is 2. The van der Waals surface area contributed by atoms with Crippen molar-refractivity contribution in [3.8, 4) is 12.1 Å². The first-order valence-corrected chi connectivity index (χ1v) is 11.7. The van der Waals surface area contributed by atoms with E-state index in [4.69, 9.17) is 10.5 Å². The van der Waals surface area contributed by atoms with E-state index in [1.165, 1.54) is 34.0 Å². The van der Waals surface area contributed by atoms with E-state index < -0.39 is 22.7 Å². The molecule has 0 unspecified atom stereocenters. The molecular weight excluding hydrogens is 563 g/mol. The maximum Gasteiger partial charge on any atom is 0.213 e. The van der Waals surface area contributed by atoms with Gasteiger partial charge in [0.15, 0.2) is 0 Å². The van der Waals surface area contributed by atoms with Crippen molar-refractivity contribution in [3.05, 3.63) is 67.6 Å². The number of nitrogens with zero attached hydrogens (tertiary/aromatic N) is 2. The minimum atomic E-state index is -0.657. The normalized spacial score (nSPS) is 14.0. The standard InChI is InChI=1S/C14H12Se.C8Br2N2O2/c1-9-5-3-7-11-12-8-4-6-10(2)14(12)15-13(9)11;9-5-6(10)8(14)4(2-12)3(1-11)7(5)13/h3-8H,1-2H3;. The Morgan fingerprint density at radius 2 is 1.14 bits per heavy atom. The second-order valence-corrected chi connectivity index (χ2v) is 9.99. The molecule has 29 heavy (non-hydrogen) atoms. The van der Waals surface area contributed by atoms with Crippen molar-refractivity contribution < 1.29 is 9.59 Å². The van der Waals surface area contributed by atoms with Gasteiger partial charge in [0, 0.05) is 0 Å². The Bertz CT molecular complexity index is 1250. The van der Waals surface area contributed by atoms with Crippen LogP contribution in [-0.2, 0) is 9.59 Å². The van der Waals surface area contributed by atoms with Crippen LogP contribution in [0.5, 0.6) is 0 Å². The van der Waals surface area contributed by atoms with E-state index in [2.05, 4.69) is 82.1 Å². The van der Waals surface area contributed by atoms with Gasteiger partial charge >= 0.3 is 95.2 Å². The fourth-order valence-corrected chi connectivity index (χ4v) is 6.32. The zero-order valence-electron chi connectivity index (χ0n) is 15.3. The van der Waals surface area contributed by atoms with Crippen LogP contribution < -0.4 is 0 Å². The molecule has 2 aromatic carbocycles. The summed E-state index contributed by atoms with van der Waals surface area (Å²) in [5.74, 6) is -1.31. The van der Waals surface area contributed by atoms with Gasteiger partial charge in [-0.05, 0) is 31.9 Å². The van der Waals surface area contributed by atoms with Crippen LogP contribution in [-0.4, -0.2) is 26.1 Å². The van der Waals surface area contributed by atoms with Gasteiger partial charge in [-0.15, -0.1) is 0 Å². The predicted octanol–water partition coefficient (Wildman–Crippen LogP) is 5.15. The number of ketones is 2. The molecule has 7 heteroatoms. The fourth-order valence-electron chi connectivity index (χ4n) is 2.96. The van der Waals surface area contributed by atoms with Crippen LogP contribution in [0.2, 0.25) is 0 Å². The Hall–Kier alpha value is -2.28. The van der Waals surface area contributed by atoms with Crippen molar-refractivity contribution in [3.63, 3.8) is 0 Å². The van der Waals surface area contributed by atoms with Crippen LogP contribution in [0.25, 0.3) is 19.3 Å². The number of aryl methyl sites for hydroxylation is 2. The van der Waals surface area contributed by atoms with Gasteiger partial charge in [-0.25, -0.2) is 0 Å². The van der Waals surface area contributed by atoms with Crippen molar-refractivity contribution in [2.75, 3.05) is 0 Å². The molecule has 4 rings (SSSR count). The van der Waals surface area contributed by atoms with Gasteiger partial charge in [-0.2, -0.15) is 10.5 Å². The fraction of sp³-hybridized carbons (Fsp3) is 0.0909. The molecule has 1 aliphatic carbocycles. The van der Waals surface area contributed by atoms with E-state index in [1.807, 2.05) is 0 Å². The van der Waals surface area contributed by atoms with Crippen LogP contribution in [0, 0.1) is 36.5 Å². The molecule has 0 saturated carbocycles. The van der Waals surface area contributed by atoms with E-state index >= 15 is 0 Å². The SMILES string of the molecule is Cc1cccc2c1[se]c1c(C)cccc12.N#CC1=C(C#N)C(=O)C(Br)=C(Br)C1=O. The van der Waals surface area contributed by atoms with Crippen molar-refractivity contribution in [1.82, 2.24) is 0 Å². The van der Waals surface area contributed by atoms with Crippen LogP contribution in [0.1, 0.15) is 11.1 Å². The van der Waals surface area contributed by atoms with Gasteiger partial charge in [0.05, 0.1) is 8.96 Å². The number of hydrogen-bond acceptors (Lipinski definition) is 4. The molecule has 0 bridgehead atoms. The molecular formula is C22H12Br2N2O2Se. The third-order valence-electron chi connectivity index (χ3n) is 4.44. The Labute approximate surface area is 190 Å². The minimum absolute atomic E-state index is 0.0296. The number of allylic oxidation sites excluding steroid dienone is 4. The van der Waals surface area contributed by atoms with E-state index in [9.17, 15) is 9.59 Å². The first kappa shape index (κ1) is 21.4. The van der Waals surface area contributed by atoms with E-state index in [0.29, 0.717) is 14.5 Å². The Kier molecular flexibility index (Phi) is 6.36. The van der Waals surface area contributed by atoms with Gasteiger partial charge in [0.1, 0.15) is 23.3 Å². The maximum atomic E-state index is 11.4.